The maximum atomic E-state index is 12.0. The number of aromatic hydroxyl groups is 1. The second-order valence-electron chi connectivity index (χ2n) is 5.18. The molecule has 1 heterocycles. The van der Waals surface area contributed by atoms with Crippen molar-refractivity contribution in [1.29, 1.82) is 0 Å². The van der Waals surface area contributed by atoms with Crippen LogP contribution < -0.4 is 0 Å². The number of nitrogens with zero attached hydrogens (tertiary/aromatic N) is 1. The fourth-order valence-electron chi connectivity index (χ4n) is 2.28. The molecule has 0 radical (unpaired) electrons. The zero-order valence-electron chi connectivity index (χ0n) is 12.1. The summed E-state index contributed by atoms with van der Waals surface area (Å²) < 4.78 is 10.5. The average Bonchev–Trinajstić information content (AvgIpc) is 2.44. The van der Waals surface area contributed by atoms with Crippen LogP contribution in [-0.2, 0) is 14.3 Å². The number of amides is 1. The molecule has 1 aliphatic heterocycles. The van der Waals surface area contributed by atoms with Gasteiger partial charge >= 0.3 is 5.97 Å². The summed E-state index contributed by atoms with van der Waals surface area (Å²) in [5.74, 6) is -0.749. The van der Waals surface area contributed by atoms with Gasteiger partial charge in [0.25, 0.3) is 5.91 Å². The lowest BCUT2D eigenvalue weighted by molar-refractivity contribution is -0.146. The monoisotopic (exact) mass is 293 g/mol. The Balaban J connectivity index is 1.86. The number of hydrogen-bond acceptors (Lipinski definition) is 5. The van der Waals surface area contributed by atoms with Gasteiger partial charge in [0.05, 0.1) is 17.8 Å². The van der Waals surface area contributed by atoms with Gasteiger partial charge in [0.2, 0.25) is 0 Å². The van der Waals surface area contributed by atoms with E-state index in [1.165, 1.54) is 24.3 Å². The van der Waals surface area contributed by atoms with E-state index in [1.807, 2.05) is 13.8 Å². The number of esters is 1. The molecule has 0 aliphatic carbocycles. The molecule has 2 rings (SSSR count). The van der Waals surface area contributed by atoms with E-state index in [0.717, 1.165) is 0 Å². The molecular weight excluding hydrogens is 274 g/mol. The molecule has 0 aromatic heterocycles. The van der Waals surface area contributed by atoms with Gasteiger partial charge in [0.1, 0.15) is 5.75 Å². The van der Waals surface area contributed by atoms with Gasteiger partial charge in [-0.15, -0.1) is 0 Å². The Morgan fingerprint density at radius 3 is 2.38 bits per heavy atom. The summed E-state index contributed by atoms with van der Waals surface area (Å²) in [4.78, 5) is 25.4. The summed E-state index contributed by atoms with van der Waals surface area (Å²) in [5, 5.41) is 9.15. The molecule has 1 aromatic carbocycles. The third kappa shape index (κ3) is 4.19. The van der Waals surface area contributed by atoms with Crippen molar-refractivity contribution in [3.63, 3.8) is 0 Å². The van der Waals surface area contributed by atoms with Crippen molar-refractivity contribution in [1.82, 2.24) is 4.90 Å². The van der Waals surface area contributed by atoms with E-state index in [9.17, 15) is 9.59 Å². The van der Waals surface area contributed by atoms with E-state index < -0.39 is 5.97 Å². The molecule has 0 saturated carbocycles. The minimum Gasteiger partial charge on any atom is -0.508 e. The number of phenols is 1. The Labute approximate surface area is 123 Å². The van der Waals surface area contributed by atoms with E-state index in [1.54, 1.807) is 4.90 Å². The Bertz CT molecular complexity index is 503. The summed E-state index contributed by atoms with van der Waals surface area (Å²) >= 11 is 0. The van der Waals surface area contributed by atoms with Crippen molar-refractivity contribution in [2.75, 3.05) is 19.7 Å². The van der Waals surface area contributed by atoms with Crippen LogP contribution >= 0.6 is 0 Å². The number of carbonyl (C=O) groups excluding carboxylic acids is 2. The quantitative estimate of drug-likeness (QED) is 0.847. The predicted octanol–water partition coefficient (Wildman–Crippen LogP) is 1.18. The molecule has 1 amide bonds. The predicted molar refractivity (Wildman–Crippen MR) is 75.0 cm³/mol. The zero-order valence-corrected chi connectivity index (χ0v) is 12.1. The van der Waals surface area contributed by atoms with Crippen LogP contribution in [0.15, 0.2) is 24.3 Å². The van der Waals surface area contributed by atoms with Crippen LogP contribution in [-0.4, -0.2) is 53.8 Å². The fraction of sp³-hybridized carbons (Fsp3) is 0.467. The fourth-order valence-corrected chi connectivity index (χ4v) is 2.28. The van der Waals surface area contributed by atoms with Gasteiger partial charge in [-0.25, -0.2) is 4.79 Å². The normalized spacial score (nSPS) is 21.9. The third-order valence-electron chi connectivity index (χ3n) is 3.20. The van der Waals surface area contributed by atoms with Crippen LogP contribution in [0.5, 0.6) is 5.75 Å². The van der Waals surface area contributed by atoms with Crippen LogP contribution in [0.2, 0.25) is 0 Å². The molecule has 1 N–H and O–H groups in total. The van der Waals surface area contributed by atoms with Crippen molar-refractivity contribution in [2.45, 2.75) is 26.1 Å². The molecule has 0 spiro atoms. The summed E-state index contributed by atoms with van der Waals surface area (Å²) in [6, 6.07) is 5.68. The topological polar surface area (TPSA) is 76.1 Å². The van der Waals surface area contributed by atoms with Crippen molar-refractivity contribution in [3.8, 4) is 5.75 Å². The van der Waals surface area contributed by atoms with Gasteiger partial charge in [-0.1, -0.05) is 0 Å². The Morgan fingerprint density at radius 2 is 1.81 bits per heavy atom. The number of hydrogen-bond donors (Lipinski definition) is 1. The number of rotatable bonds is 3. The first-order chi connectivity index (χ1) is 9.95. The Hall–Kier alpha value is -2.08. The first kappa shape index (κ1) is 15.3. The SMILES string of the molecule is C[C@@H]1CN(C(=O)COC(=O)c2ccc(O)cc2)C[C@H](C)O1. The lowest BCUT2D eigenvalue weighted by Crippen LogP contribution is -2.49. The van der Waals surface area contributed by atoms with Gasteiger partial charge in [0, 0.05) is 13.1 Å². The molecule has 1 fully saturated rings. The maximum absolute atomic E-state index is 12.0. The number of phenolic OH excluding ortho intramolecular Hbond substituents is 1. The molecule has 6 heteroatoms. The van der Waals surface area contributed by atoms with E-state index >= 15 is 0 Å². The lowest BCUT2D eigenvalue weighted by atomic mass is 10.2. The van der Waals surface area contributed by atoms with Gasteiger partial charge in [-0.2, -0.15) is 0 Å². The zero-order chi connectivity index (χ0) is 15.4. The molecule has 6 nitrogen and oxygen atoms in total. The average molecular weight is 293 g/mol. The molecule has 2 atom stereocenters. The molecular formula is C15H19NO5. The summed E-state index contributed by atoms with van der Waals surface area (Å²) in [7, 11) is 0. The lowest BCUT2D eigenvalue weighted by Gasteiger charge is -2.35. The van der Waals surface area contributed by atoms with E-state index in [2.05, 4.69) is 0 Å². The van der Waals surface area contributed by atoms with Gasteiger partial charge in [-0.05, 0) is 38.1 Å². The van der Waals surface area contributed by atoms with Crippen molar-refractivity contribution in [2.24, 2.45) is 0 Å². The number of morpholine rings is 1. The van der Waals surface area contributed by atoms with Crippen LogP contribution in [0.3, 0.4) is 0 Å². The molecule has 21 heavy (non-hydrogen) atoms. The first-order valence-electron chi connectivity index (χ1n) is 6.85. The minimum atomic E-state index is -0.585. The van der Waals surface area contributed by atoms with Crippen molar-refractivity contribution >= 4 is 11.9 Å². The van der Waals surface area contributed by atoms with Crippen LogP contribution in [0.4, 0.5) is 0 Å². The maximum Gasteiger partial charge on any atom is 0.338 e. The van der Waals surface area contributed by atoms with E-state index in [4.69, 9.17) is 14.6 Å². The molecule has 114 valence electrons. The second-order valence-corrected chi connectivity index (χ2v) is 5.18. The third-order valence-corrected chi connectivity index (χ3v) is 3.20. The van der Waals surface area contributed by atoms with E-state index in [-0.39, 0.29) is 30.5 Å². The van der Waals surface area contributed by atoms with Crippen LogP contribution in [0.25, 0.3) is 0 Å². The highest BCUT2D eigenvalue weighted by atomic mass is 16.5. The summed E-state index contributed by atoms with van der Waals surface area (Å²) in [6.45, 7) is 4.51. The molecule has 1 saturated heterocycles. The molecule has 1 aromatic rings. The van der Waals surface area contributed by atoms with Gasteiger partial charge in [0.15, 0.2) is 6.61 Å². The smallest absolute Gasteiger partial charge is 0.338 e. The van der Waals surface area contributed by atoms with Crippen molar-refractivity contribution in [3.05, 3.63) is 29.8 Å². The largest absolute Gasteiger partial charge is 0.508 e. The highest BCUT2D eigenvalue weighted by molar-refractivity contribution is 5.91. The Morgan fingerprint density at radius 1 is 1.24 bits per heavy atom. The van der Waals surface area contributed by atoms with Gasteiger partial charge < -0.3 is 19.5 Å². The highest BCUT2D eigenvalue weighted by Crippen LogP contribution is 2.12. The van der Waals surface area contributed by atoms with Crippen LogP contribution in [0.1, 0.15) is 24.2 Å². The number of ether oxygens (including phenoxy) is 2. The van der Waals surface area contributed by atoms with Crippen molar-refractivity contribution < 1.29 is 24.2 Å². The number of benzene rings is 1. The number of carbonyl (C=O) groups is 2. The van der Waals surface area contributed by atoms with Gasteiger partial charge in [-0.3, -0.25) is 4.79 Å². The molecule has 1 aliphatic rings. The van der Waals surface area contributed by atoms with E-state index in [0.29, 0.717) is 18.7 Å². The first-order valence-corrected chi connectivity index (χ1v) is 6.85. The standard InChI is InChI=1S/C15H19NO5/c1-10-7-16(8-11(2)21-10)14(18)9-20-15(19)12-3-5-13(17)6-4-12/h3-6,10-11,17H,7-9H2,1-2H3/t10-,11+. The highest BCUT2D eigenvalue weighted by Gasteiger charge is 2.26. The molecule has 0 bridgehead atoms. The second kappa shape index (κ2) is 6.58. The minimum absolute atomic E-state index is 0.0227. The summed E-state index contributed by atoms with van der Waals surface area (Å²) in [6.07, 6.45) is -0.0454. The summed E-state index contributed by atoms with van der Waals surface area (Å²) in [5.41, 5.74) is 0.296. The Kier molecular flexibility index (Phi) is 4.80. The van der Waals surface area contributed by atoms with Crippen LogP contribution in [0, 0.1) is 0 Å². The molecule has 0 unspecified atom stereocenters.